The standard InChI is InChI=1S/C18H15FN4O7/c1-28-14-6-3-10(7-15(14)29-2)17-21-30-18(25)22(17)9-16(24)20-11-4-5-12(19)13(8-11)23(26)27/h3-8H,9H2,1-2H3,(H,20,24). The molecule has 1 aromatic heterocycles. The van der Waals surface area contributed by atoms with Gasteiger partial charge in [-0.3, -0.25) is 19.4 Å². The van der Waals surface area contributed by atoms with Crippen LogP contribution in [0.25, 0.3) is 11.4 Å². The van der Waals surface area contributed by atoms with Crippen LogP contribution in [0.5, 0.6) is 11.5 Å². The van der Waals surface area contributed by atoms with Crippen molar-refractivity contribution in [3.8, 4) is 22.9 Å². The highest BCUT2D eigenvalue weighted by Gasteiger charge is 2.19. The monoisotopic (exact) mass is 418 g/mol. The summed E-state index contributed by atoms with van der Waals surface area (Å²) in [5, 5.41) is 16.9. The van der Waals surface area contributed by atoms with Crippen molar-refractivity contribution in [3.63, 3.8) is 0 Å². The van der Waals surface area contributed by atoms with Crippen molar-refractivity contribution in [1.29, 1.82) is 0 Å². The van der Waals surface area contributed by atoms with Crippen molar-refractivity contribution in [2.24, 2.45) is 0 Å². The van der Waals surface area contributed by atoms with E-state index in [4.69, 9.17) is 9.47 Å². The highest BCUT2D eigenvalue weighted by molar-refractivity contribution is 5.91. The number of ether oxygens (including phenoxy) is 2. The third-order valence-electron chi connectivity index (χ3n) is 4.06. The zero-order chi connectivity index (χ0) is 21.8. The molecule has 0 saturated carbocycles. The molecule has 1 N–H and O–H groups in total. The zero-order valence-corrected chi connectivity index (χ0v) is 15.7. The molecule has 1 heterocycles. The third-order valence-corrected chi connectivity index (χ3v) is 4.06. The summed E-state index contributed by atoms with van der Waals surface area (Å²) in [5.74, 6) is -1.75. The van der Waals surface area contributed by atoms with Gasteiger partial charge in [0.25, 0.3) is 0 Å². The first-order chi connectivity index (χ1) is 14.3. The number of carbonyl (C=O) groups is 1. The van der Waals surface area contributed by atoms with Crippen molar-refractivity contribution < 1.29 is 28.1 Å². The molecule has 1 amide bonds. The molecule has 3 aromatic rings. The lowest BCUT2D eigenvalue weighted by molar-refractivity contribution is -0.387. The van der Waals surface area contributed by atoms with E-state index in [-0.39, 0.29) is 11.5 Å². The van der Waals surface area contributed by atoms with Gasteiger partial charge in [0, 0.05) is 17.3 Å². The molecule has 0 bridgehead atoms. The van der Waals surface area contributed by atoms with Crippen molar-refractivity contribution >= 4 is 17.3 Å². The molecule has 3 rings (SSSR count). The zero-order valence-electron chi connectivity index (χ0n) is 15.7. The summed E-state index contributed by atoms with van der Waals surface area (Å²) in [6, 6.07) is 7.62. The van der Waals surface area contributed by atoms with E-state index < -0.39 is 34.6 Å². The van der Waals surface area contributed by atoms with Crippen LogP contribution < -0.4 is 20.5 Å². The van der Waals surface area contributed by atoms with E-state index in [1.807, 2.05) is 0 Å². The molecule has 0 unspecified atom stereocenters. The molecule has 156 valence electrons. The largest absolute Gasteiger partial charge is 0.493 e. The molecule has 0 aliphatic heterocycles. The Bertz CT molecular complexity index is 1170. The molecule has 0 spiro atoms. The van der Waals surface area contributed by atoms with E-state index in [0.29, 0.717) is 17.1 Å². The van der Waals surface area contributed by atoms with Crippen LogP contribution in [0, 0.1) is 15.9 Å². The smallest absolute Gasteiger partial charge is 0.442 e. The van der Waals surface area contributed by atoms with Crippen LogP contribution in [-0.2, 0) is 11.3 Å². The molecular weight excluding hydrogens is 403 g/mol. The van der Waals surface area contributed by atoms with Gasteiger partial charge in [0.15, 0.2) is 17.3 Å². The van der Waals surface area contributed by atoms with E-state index in [2.05, 4.69) is 15.0 Å². The number of carbonyl (C=O) groups excluding carboxylic acids is 1. The Balaban J connectivity index is 1.86. The fraction of sp³-hybridized carbons (Fsp3) is 0.167. The van der Waals surface area contributed by atoms with Crippen LogP contribution in [0.1, 0.15) is 0 Å². The molecule has 0 radical (unpaired) electrons. The van der Waals surface area contributed by atoms with E-state index in [1.54, 1.807) is 18.2 Å². The van der Waals surface area contributed by atoms with Gasteiger partial charge in [-0.05, 0) is 30.3 Å². The molecule has 0 atom stereocenters. The van der Waals surface area contributed by atoms with Gasteiger partial charge in [0.2, 0.25) is 11.7 Å². The predicted molar refractivity (Wildman–Crippen MR) is 101 cm³/mol. The van der Waals surface area contributed by atoms with Gasteiger partial charge in [0.05, 0.1) is 19.1 Å². The third kappa shape index (κ3) is 4.11. The number of rotatable bonds is 7. The molecule has 30 heavy (non-hydrogen) atoms. The second-order valence-corrected chi connectivity index (χ2v) is 5.90. The van der Waals surface area contributed by atoms with Crippen LogP contribution >= 0.6 is 0 Å². The highest BCUT2D eigenvalue weighted by atomic mass is 19.1. The average Bonchev–Trinajstić information content (AvgIpc) is 3.08. The number of anilines is 1. The molecule has 12 heteroatoms. The van der Waals surface area contributed by atoms with E-state index in [9.17, 15) is 24.1 Å². The number of nitrogens with one attached hydrogen (secondary N) is 1. The lowest BCUT2D eigenvalue weighted by Crippen LogP contribution is -2.25. The Kier molecular flexibility index (Phi) is 5.76. The van der Waals surface area contributed by atoms with Gasteiger partial charge in [0.1, 0.15) is 6.54 Å². The van der Waals surface area contributed by atoms with Gasteiger partial charge in [-0.2, -0.15) is 4.39 Å². The maximum Gasteiger partial charge on any atom is 0.442 e. The first-order valence-corrected chi connectivity index (χ1v) is 8.36. The Morgan fingerprint density at radius 2 is 1.97 bits per heavy atom. The number of nitro benzene ring substituents is 1. The topological polar surface area (TPSA) is 139 Å². The van der Waals surface area contributed by atoms with Crippen LogP contribution in [0.15, 0.2) is 45.7 Å². The summed E-state index contributed by atoms with van der Waals surface area (Å²) < 4.78 is 29.4. The Morgan fingerprint density at radius 1 is 1.23 bits per heavy atom. The van der Waals surface area contributed by atoms with Gasteiger partial charge in [-0.1, -0.05) is 5.16 Å². The van der Waals surface area contributed by atoms with Gasteiger partial charge in [-0.15, -0.1) is 0 Å². The van der Waals surface area contributed by atoms with Crippen molar-refractivity contribution in [2.75, 3.05) is 19.5 Å². The van der Waals surface area contributed by atoms with Gasteiger partial charge >= 0.3 is 11.4 Å². The number of hydrogen-bond donors (Lipinski definition) is 1. The summed E-state index contributed by atoms with van der Waals surface area (Å²) in [6.07, 6.45) is 0. The first kappa shape index (κ1) is 20.5. The average molecular weight is 418 g/mol. The molecule has 0 aliphatic carbocycles. The lowest BCUT2D eigenvalue weighted by Gasteiger charge is -2.10. The number of benzene rings is 2. The molecule has 2 aromatic carbocycles. The number of aromatic nitrogens is 2. The highest BCUT2D eigenvalue weighted by Crippen LogP contribution is 2.31. The maximum atomic E-state index is 13.4. The number of halogens is 1. The normalized spacial score (nSPS) is 10.5. The fourth-order valence-electron chi connectivity index (χ4n) is 2.67. The SMILES string of the molecule is COc1ccc(-c2noc(=O)n2CC(=O)Nc2ccc(F)c([N+](=O)[O-])c2)cc1OC. The summed E-state index contributed by atoms with van der Waals surface area (Å²) in [6.45, 7) is -0.503. The van der Waals surface area contributed by atoms with E-state index in [1.165, 1.54) is 14.2 Å². The van der Waals surface area contributed by atoms with E-state index >= 15 is 0 Å². The quantitative estimate of drug-likeness (QED) is 0.455. The van der Waals surface area contributed by atoms with E-state index in [0.717, 1.165) is 22.8 Å². The predicted octanol–water partition coefficient (Wildman–Crippen LogP) is 2.21. The number of nitrogens with zero attached hydrogens (tertiary/aromatic N) is 3. The van der Waals surface area contributed by atoms with Crippen LogP contribution in [0.3, 0.4) is 0 Å². The van der Waals surface area contributed by atoms with Crippen molar-refractivity contribution in [3.05, 3.63) is 62.9 Å². The second kappa shape index (κ2) is 8.43. The van der Waals surface area contributed by atoms with Crippen molar-refractivity contribution in [1.82, 2.24) is 9.72 Å². The Morgan fingerprint density at radius 3 is 2.63 bits per heavy atom. The minimum absolute atomic E-state index is 0.00901. The van der Waals surface area contributed by atoms with Crippen molar-refractivity contribution in [2.45, 2.75) is 6.54 Å². The Labute approximate surface area is 167 Å². The number of methoxy groups -OCH3 is 2. The molecule has 0 aliphatic rings. The molecule has 0 saturated heterocycles. The summed E-state index contributed by atoms with van der Waals surface area (Å²) >= 11 is 0. The second-order valence-electron chi connectivity index (χ2n) is 5.90. The minimum Gasteiger partial charge on any atom is -0.493 e. The molecule has 11 nitrogen and oxygen atoms in total. The minimum atomic E-state index is -1.04. The van der Waals surface area contributed by atoms with Gasteiger partial charge < -0.3 is 14.8 Å². The molecule has 0 fully saturated rings. The number of hydrogen-bond acceptors (Lipinski definition) is 8. The fourth-order valence-corrected chi connectivity index (χ4v) is 2.67. The first-order valence-electron chi connectivity index (χ1n) is 8.36. The number of amides is 1. The maximum absolute atomic E-state index is 13.4. The van der Waals surface area contributed by atoms with Crippen LogP contribution in [-0.4, -0.2) is 34.8 Å². The summed E-state index contributed by atoms with van der Waals surface area (Å²) in [7, 11) is 2.90. The van der Waals surface area contributed by atoms with Crippen LogP contribution in [0.2, 0.25) is 0 Å². The van der Waals surface area contributed by atoms with Gasteiger partial charge in [-0.25, -0.2) is 9.36 Å². The summed E-state index contributed by atoms with van der Waals surface area (Å²) in [4.78, 5) is 34.3. The lowest BCUT2D eigenvalue weighted by atomic mass is 10.2. The van der Waals surface area contributed by atoms with Crippen LogP contribution in [0.4, 0.5) is 15.8 Å². The molecular formula is C18H15FN4O7. The summed E-state index contributed by atoms with van der Waals surface area (Å²) in [5.41, 5.74) is -0.380. The Hall–Kier alpha value is -4.22. The number of nitro groups is 1.